The minimum absolute atomic E-state index is 0.0280. The van der Waals surface area contributed by atoms with E-state index in [1.165, 1.54) is 0 Å². The Labute approximate surface area is 81.1 Å². The number of benzene rings is 1. The minimum Gasteiger partial charge on any atom is -0.324 e. The lowest BCUT2D eigenvalue weighted by molar-refractivity contribution is -0.117. The monoisotopic (exact) mass is 196 g/mol. The van der Waals surface area contributed by atoms with Gasteiger partial charge in [-0.1, -0.05) is 11.6 Å². The lowest BCUT2D eigenvalue weighted by Gasteiger charge is -2.05. The second kappa shape index (κ2) is 3.01. The lowest BCUT2D eigenvalue weighted by atomic mass is 10.1. The second-order valence-electron chi connectivity index (χ2n) is 2.94. The van der Waals surface area contributed by atoms with E-state index < -0.39 is 0 Å². The molecule has 1 aromatic carbocycles. The van der Waals surface area contributed by atoms with Crippen LogP contribution in [0.25, 0.3) is 0 Å². The third kappa shape index (κ3) is 1.30. The summed E-state index contributed by atoms with van der Waals surface area (Å²) in [5.74, 6) is -0.0280. The Morgan fingerprint density at radius 3 is 3.00 bits per heavy atom. The van der Waals surface area contributed by atoms with Crippen LogP contribution < -0.4 is 10.6 Å². The average Bonchev–Trinajstić information content (AvgIpc) is 2.40. The van der Waals surface area contributed by atoms with Crippen molar-refractivity contribution in [3.63, 3.8) is 0 Å². The maximum atomic E-state index is 11.4. The number of carbonyl (C=O) groups is 1. The van der Waals surface area contributed by atoms with Gasteiger partial charge in [0.05, 0.1) is 0 Å². The van der Waals surface area contributed by atoms with Crippen LogP contribution in [0, 0.1) is 0 Å². The number of halogens is 1. The van der Waals surface area contributed by atoms with E-state index in [9.17, 15) is 4.79 Å². The van der Waals surface area contributed by atoms with Crippen LogP contribution in [-0.2, 0) is 4.79 Å². The van der Waals surface area contributed by atoms with Crippen molar-refractivity contribution in [1.29, 1.82) is 0 Å². The van der Waals surface area contributed by atoms with Crippen LogP contribution in [-0.4, -0.2) is 13.0 Å². The van der Waals surface area contributed by atoms with Crippen molar-refractivity contribution >= 4 is 23.2 Å². The van der Waals surface area contributed by atoms with Gasteiger partial charge in [0.2, 0.25) is 5.91 Å². The van der Waals surface area contributed by atoms with E-state index in [2.05, 4.69) is 10.6 Å². The van der Waals surface area contributed by atoms with Crippen LogP contribution in [0.1, 0.15) is 11.6 Å². The molecule has 1 aromatic rings. The molecule has 0 saturated carbocycles. The molecule has 0 bridgehead atoms. The molecule has 2 rings (SSSR count). The maximum Gasteiger partial charge on any atom is 0.246 e. The normalized spacial score (nSPS) is 19.8. The number of likely N-dealkylation sites (N-methyl/N-ethyl adjacent to an activating group) is 1. The third-order valence-electron chi connectivity index (χ3n) is 2.13. The van der Waals surface area contributed by atoms with Crippen molar-refractivity contribution in [3.8, 4) is 0 Å². The zero-order valence-electron chi connectivity index (χ0n) is 7.10. The van der Waals surface area contributed by atoms with Crippen molar-refractivity contribution in [1.82, 2.24) is 5.32 Å². The highest BCUT2D eigenvalue weighted by atomic mass is 35.5. The van der Waals surface area contributed by atoms with E-state index in [4.69, 9.17) is 11.6 Å². The Hall–Kier alpha value is -1.06. The SMILES string of the molecule is CN[C@H]1C(=O)Nc2ccc(Cl)cc21. The van der Waals surface area contributed by atoms with Gasteiger partial charge in [-0.3, -0.25) is 4.79 Å². The van der Waals surface area contributed by atoms with Gasteiger partial charge in [-0.25, -0.2) is 0 Å². The number of rotatable bonds is 1. The van der Waals surface area contributed by atoms with E-state index in [0.29, 0.717) is 5.02 Å². The molecule has 0 spiro atoms. The summed E-state index contributed by atoms with van der Waals surface area (Å²) in [6, 6.07) is 5.11. The lowest BCUT2D eigenvalue weighted by Crippen LogP contribution is -2.23. The Bertz CT molecular complexity index is 365. The topological polar surface area (TPSA) is 41.1 Å². The van der Waals surface area contributed by atoms with E-state index in [0.717, 1.165) is 11.3 Å². The molecule has 0 radical (unpaired) electrons. The Balaban J connectivity index is 2.50. The average molecular weight is 197 g/mol. The molecule has 3 nitrogen and oxygen atoms in total. The Morgan fingerprint density at radius 1 is 1.54 bits per heavy atom. The van der Waals surface area contributed by atoms with Crippen molar-refractivity contribution in [2.24, 2.45) is 0 Å². The Morgan fingerprint density at radius 2 is 2.31 bits per heavy atom. The molecule has 0 unspecified atom stereocenters. The number of hydrogen-bond acceptors (Lipinski definition) is 2. The minimum atomic E-state index is -0.270. The molecule has 0 fully saturated rings. The molecule has 1 aliphatic rings. The fraction of sp³-hybridized carbons (Fsp3) is 0.222. The molecule has 0 saturated heterocycles. The van der Waals surface area contributed by atoms with Gasteiger partial charge in [-0.15, -0.1) is 0 Å². The van der Waals surface area contributed by atoms with Gasteiger partial charge >= 0.3 is 0 Å². The summed E-state index contributed by atoms with van der Waals surface area (Å²) in [5.41, 5.74) is 1.76. The molecule has 0 aliphatic carbocycles. The van der Waals surface area contributed by atoms with Gasteiger partial charge < -0.3 is 10.6 Å². The Kier molecular flexibility index (Phi) is 1.98. The van der Waals surface area contributed by atoms with Gasteiger partial charge in [0.15, 0.2) is 0 Å². The molecule has 1 heterocycles. The molecule has 2 N–H and O–H groups in total. The summed E-state index contributed by atoms with van der Waals surface area (Å²) in [4.78, 5) is 11.4. The molecule has 4 heteroatoms. The number of nitrogens with one attached hydrogen (secondary N) is 2. The van der Waals surface area contributed by atoms with Crippen LogP contribution in [0.3, 0.4) is 0 Å². The predicted molar refractivity (Wildman–Crippen MR) is 51.9 cm³/mol. The van der Waals surface area contributed by atoms with Crippen molar-refractivity contribution in [2.75, 3.05) is 12.4 Å². The van der Waals surface area contributed by atoms with Gasteiger partial charge in [0, 0.05) is 16.3 Å². The maximum absolute atomic E-state index is 11.4. The zero-order chi connectivity index (χ0) is 9.42. The van der Waals surface area contributed by atoms with Crippen LogP contribution >= 0.6 is 11.6 Å². The number of carbonyl (C=O) groups excluding carboxylic acids is 1. The van der Waals surface area contributed by atoms with Crippen molar-refractivity contribution < 1.29 is 4.79 Å². The molecular formula is C9H9ClN2O. The number of anilines is 1. The first kappa shape index (κ1) is 8.53. The summed E-state index contributed by atoms with van der Waals surface area (Å²) in [6.45, 7) is 0. The zero-order valence-corrected chi connectivity index (χ0v) is 7.85. The molecular weight excluding hydrogens is 188 g/mol. The molecule has 68 valence electrons. The third-order valence-corrected chi connectivity index (χ3v) is 2.37. The first-order valence-corrected chi connectivity index (χ1v) is 4.38. The fourth-order valence-electron chi connectivity index (χ4n) is 1.52. The standard InChI is InChI=1S/C9H9ClN2O/c1-11-8-6-4-5(10)2-3-7(6)12-9(8)13/h2-4,8,11H,1H3,(H,12,13)/t8-/m1/s1. The predicted octanol–water partition coefficient (Wildman–Crippen LogP) is 1.55. The van der Waals surface area contributed by atoms with Gasteiger partial charge in [-0.2, -0.15) is 0 Å². The van der Waals surface area contributed by atoms with E-state index in [-0.39, 0.29) is 11.9 Å². The highest BCUT2D eigenvalue weighted by Crippen LogP contribution is 2.32. The quantitative estimate of drug-likeness (QED) is 0.716. The molecule has 0 aromatic heterocycles. The van der Waals surface area contributed by atoms with Gasteiger partial charge in [0.25, 0.3) is 0 Å². The molecule has 1 atom stereocenters. The van der Waals surface area contributed by atoms with Gasteiger partial charge in [0.1, 0.15) is 6.04 Å². The largest absolute Gasteiger partial charge is 0.324 e. The summed E-state index contributed by atoms with van der Waals surface area (Å²) in [5, 5.41) is 6.34. The van der Waals surface area contributed by atoms with Crippen LogP contribution in [0.15, 0.2) is 18.2 Å². The van der Waals surface area contributed by atoms with Crippen LogP contribution in [0.4, 0.5) is 5.69 Å². The smallest absolute Gasteiger partial charge is 0.246 e. The van der Waals surface area contributed by atoms with E-state index in [1.54, 1.807) is 19.2 Å². The van der Waals surface area contributed by atoms with E-state index in [1.807, 2.05) is 6.07 Å². The van der Waals surface area contributed by atoms with Crippen molar-refractivity contribution in [2.45, 2.75) is 6.04 Å². The number of fused-ring (bicyclic) bond motifs is 1. The summed E-state index contributed by atoms with van der Waals surface area (Å²) in [6.07, 6.45) is 0. The molecule has 1 aliphatic heterocycles. The van der Waals surface area contributed by atoms with Crippen molar-refractivity contribution in [3.05, 3.63) is 28.8 Å². The van der Waals surface area contributed by atoms with E-state index >= 15 is 0 Å². The second-order valence-corrected chi connectivity index (χ2v) is 3.38. The number of amides is 1. The van der Waals surface area contributed by atoms with Crippen LogP contribution in [0.5, 0.6) is 0 Å². The summed E-state index contributed by atoms with van der Waals surface area (Å²) in [7, 11) is 1.75. The van der Waals surface area contributed by atoms with Gasteiger partial charge in [-0.05, 0) is 25.2 Å². The first-order chi connectivity index (χ1) is 6.22. The summed E-state index contributed by atoms with van der Waals surface area (Å²) >= 11 is 5.83. The highest BCUT2D eigenvalue weighted by Gasteiger charge is 2.28. The van der Waals surface area contributed by atoms with Crippen LogP contribution in [0.2, 0.25) is 5.02 Å². The molecule has 13 heavy (non-hydrogen) atoms. The fourth-order valence-corrected chi connectivity index (χ4v) is 1.70. The number of hydrogen-bond donors (Lipinski definition) is 2. The first-order valence-electron chi connectivity index (χ1n) is 4.00. The highest BCUT2D eigenvalue weighted by molar-refractivity contribution is 6.31. The summed E-state index contributed by atoms with van der Waals surface area (Å²) < 4.78 is 0. The molecule has 1 amide bonds.